The van der Waals surface area contributed by atoms with Crippen LogP contribution in [0.5, 0.6) is 11.8 Å². The van der Waals surface area contributed by atoms with Crippen molar-refractivity contribution in [1.82, 2.24) is 15.3 Å². The van der Waals surface area contributed by atoms with E-state index in [1.807, 2.05) is 0 Å². The summed E-state index contributed by atoms with van der Waals surface area (Å²) in [6.45, 7) is 1.61. The van der Waals surface area contributed by atoms with Gasteiger partial charge < -0.3 is 14.8 Å². The molecule has 0 aliphatic heterocycles. The number of aromatic nitrogens is 2. The Hall–Kier alpha value is -2.78. The zero-order chi connectivity index (χ0) is 22.1. The summed E-state index contributed by atoms with van der Waals surface area (Å²) >= 11 is 5.73. The van der Waals surface area contributed by atoms with Crippen molar-refractivity contribution in [3.8, 4) is 11.8 Å². The zero-order valence-corrected chi connectivity index (χ0v) is 17.8. The number of hydrogen-bond donors (Lipinski definition) is 2. The van der Waals surface area contributed by atoms with Crippen LogP contribution >= 0.6 is 11.6 Å². The molecule has 31 heavy (non-hydrogen) atoms. The lowest BCUT2D eigenvalue weighted by atomic mass is 9.58. The minimum absolute atomic E-state index is 0.0534. The number of amides is 3. The fourth-order valence-electron chi connectivity index (χ4n) is 4.33. The molecule has 0 spiro atoms. The third-order valence-electron chi connectivity index (χ3n) is 5.95. The molecule has 5 rings (SSSR count). The van der Waals surface area contributed by atoms with E-state index in [0.717, 1.165) is 18.9 Å². The second-order valence-corrected chi connectivity index (χ2v) is 8.38. The maximum absolute atomic E-state index is 14.6. The summed E-state index contributed by atoms with van der Waals surface area (Å²) in [5, 5.41) is 5.19. The number of carbonyl (C=O) groups excluding carboxylic acids is 2. The minimum Gasteiger partial charge on any atom is -0.421 e. The molecule has 2 N–H and O–H groups in total. The first kappa shape index (κ1) is 21.5. The molecule has 3 amide bonds. The number of nitrogens with zero attached hydrogens (tertiary/aromatic N) is 2. The maximum atomic E-state index is 14.6. The molecule has 164 valence electrons. The van der Waals surface area contributed by atoms with E-state index in [9.17, 15) is 14.0 Å². The van der Waals surface area contributed by atoms with Crippen LogP contribution < -0.4 is 15.4 Å². The Balaban J connectivity index is 1.38. The van der Waals surface area contributed by atoms with E-state index < -0.39 is 11.8 Å². The van der Waals surface area contributed by atoms with Crippen LogP contribution in [-0.2, 0) is 9.53 Å². The summed E-state index contributed by atoms with van der Waals surface area (Å²) in [7, 11) is 1.65. The number of nitrogens with one attached hydrogen (secondary N) is 2. The highest BCUT2D eigenvalue weighted by Crippen LogP contribution is 2.50. The predicted molar refractivity (Wildman–Crippen MR) is 111 cm³/mol. The van der Waals surface area contributed by atoms with Crippen molar-refractivity contribution in [3.05, 3.63) is 40.9 Å². The second-order valence-electron chi connectivity index (χ2n) is 7.94. The van der Waals surface area contributed by atoms with Crippen LogP contribution in [0.3, 0.4) is 0 Å². The monoisotopic (exact) mass is 448 g/mol. The number of ether oxygens (including phenoxy) is 2. The van der Waals surface area contributed by atoms with Crippen molar-refractivity contribution in [2.75, 3.05) is 12.4 Å². The minimum atomic E-state index is -0.714. The van der Waals surface area contributed by atoms with Crippen LogP contribution in [0.15, 0.2) is 24.5 Å². The SMILES string of the molecule is COC1CC(C(=O)NC(=O)Nc2cc(C)c(Oc3ncc(Cl)cn3)c(F)c2)C2CC1C2. The van der Waals surface area contributed by atoms with Crippen molar-refractivity contribution in [2.24, 2.45) is 17.8 Å². The first-order chi connectivity index (χ1) is 14.8. The van der Waals surface area contributed by atoms with Gasteiger partial charge in [0.25, 0.3) is 0 Å². The van der Waals surface area contributed by atoms with Gasteiger partial charge in [0.2, 0.25) is 5.91 Å². The number of halogens is 2. The van der Waals surface area contributed by atoms with E-state index in [1.165, 1.54) is 18.5 Å². The summed E-state index contributed by atoms with van der Waals surface area (Å²) < 4.78 is 25.4. The summed E-state index contributed by atoms with van der Waals surface area (Å²) in [5.41, 5.74) is 0.600. The van der Waals surface area contributed by atoms with E-state index in [2.05, 4.69) is 20.6 Å². The van der Waals surface area contributed by atoms with Crippen LogP contribution in [-0.4, -0.2) is 35.1 Å². The topological polar surface area (TPSA) is 102 Å². The molecule has 1 heterocycles. The number of carbonyl (C=O) groups is 2. The van der Waals surface area contributed by atoms with Gasteiger partial charge in [0, 0.05) is 24.8 Å². The third-order valence-corrected chi connectivity index (χ3v) is 6.14. The molecule has 2 unspecified atom stereocenters. The standard InChI is InChI=1S/C21H22ClFN4O4/c1-10-3-14(6-16(23)18(10)31-21-24-8-13(22)9-25-21)26-20(29)27-19(28)15-7-17(30-2)12-4-11(15)5-12/h3,6,8-9,11-12,15,17H,4-5,7H2,1-2H3,(H2,26,27,28,29). The Morgan fingerprint density at radius 3 is 2.52 bits per heavy atom. The van der Waals surface area contributed by atoms with Gasteiger partial charge in [-0.05, 0) is 49.7 Å². The number of anilines is 1. The smallest absolute Gasteiger partial charge is 0.325 e. The number of aryl methyl sites for hydroxylation is 1. The number of hydrogen-bond acceptors (Lipinski definition) is 6. The number of rotatable bonds is 5. The van der Waals surface area contributed by atoms with Gasteiger partial charge in [0.15, 0.2) is 11.6 Å². The van der Waals surface area contributed by atoms with Crippen molar-refractivity contribution >= 4 is 29.2 Å². The fourth-order valence-corrected chi connectivity index (χ4v) is 4.43. The van der Waals surface area contributed by atoms with Crippen molar-refractivity contribution in [2.45, 2.75) is 32.3 Å². The van der Waals surface area contributed by atoms with Crippen LogP contribution in [0.25, 0.3) is 0 Å². The molecule has 2 atom stereocenters. The highest BCUT2D eigenvalue weighted by atomic mass is 35.5. The van der Waals surface area contributed by atoms with E-state index >= 15 is 0 Å². The molecule has 10 heteroatoms. The molecular formula is C21H22ClFN4O4. The highest BCUT2D eigenvalue weighted by molar-refractivity contribution is 6.30. The molecule has 8 nitrogen and oxygen atoms in total. The van der Waals surface area contributed by atoms with Gasteiger partial charge in [-0.2, -0.15) is 0 Å². The molecule has 0 saturated heterocycles. The third kappa shape index (κ3) is 4.62. The van der Waals surface area contributed by atoms with Crippen LogP contribution in [0.4, 0.5) is 14.9 Å². The largest absolute Gasteiger partial charge is 0.421 e. The van der Waals surface area contributed by atoms with Gasteiger partial charge in [0.05, 0.1) is 23.5 Å². The molecule has 3 saturated carbocycles. The average molecular weight is 449 g/mol. The predicted octanol–water partition coefficient (Wildman–Crippen LogP) is 4.08. The van der Waals surface area contributed by atoms with Crippen molar-refractivity contribution < 1.29 is 23.5 Å². The first-order valence-corrected chi connectivity index (χ1v) is 10.3. The molecule has 0 radical (unpaired) electrons. The van der Waals surface area contributed by atoms with E-state index in [1.54, 1.807) is 14.0 Å². The molecule has 2 aromatic rings. The van der Waals surface area contributed by atoms with Gasteiger partial charge in [-0.1, -0.05) is 11.6 Å². The van der Waals surface area contributed by atoms with Crippen LogP contribution in [0, 0.1) is 30.5 Å². The van der Waals surface area contributed by atoms with Crippen LogP contribution in [0.1, 0.15) is 24.8 Å². The number of urea groups is 1. The molecular weight excluding hydrogens is 427 g/mol. The van der Waals surface area contributed by atoms with E-state index in [-0.39, 0.29) is 41.3 Å². The van der Waals surface area contributed by atoms with Gasteiger partial charge in [-0.3, -0.25) is 10.1 Å². The first-order valence-electron chi connectivity index (χ1n) is 9.94. The molecule has 3 aliphatic rings. The summed E-state index contributed by atoms with van der Waals surface area (Å²) in [6.07, 6.45) is 5.22. The highest BCUT2D eigenvalue weighted by Gasteiger charge is 2.48. The van der Waals surface area contributed by atoms with Gasteiger partial charge >= 0.3 is 12.0 Å². The summed E-state index contributed by atoms with van der Waals surface area (Å²) in [4.78, 5) is 32.6. The Morgan fingerprint density at radius 2 is 1.87 bits per heavy atom. The van der Waals surface area contributed by atoms with Crippen LogP contribution in [0.2, 0.25) is 5.02 Å². The quantitative estimate of drug-likeness (QED) is 0.714. The Morgan fingerprint density at radius 1 is 1.16 bits per heavy atom. The molecule has 3 aliphatic carbocycles. The number of imide groups is 1. The second kappa shape index (κ2) is 8.76. The van der Waals surface area contributed by atoms with E-state index in [0.29, 0.717) is 22.9 Å². The summed E-state index contributed by atoms with van der Waals surface area (Å²) in [5.74, 6) is -0.574. The lowest BCUT2D eigenvalue weighted by Crippen LogP contribution is -2.52. The van der Waals surface area contributed by atoms with Crippen molar-refractivity contribution in [1.29, 1.82) is 0 Å². The van der Waals surface area contributed by atoms with Gasteiger partial charge in [-0.15, -0.1) is 0 Å². The molecule has 1 aromatic carbocycles. The Kier molecular flexibility index (Phi) is 6.06. The molecule has 3 fully saturated rings. The lowest BCUT2D eigenvalue weighted by Gasteiger charge is -2.49. The fraction of sp³-hybridized carbons (Fsp3) is 0.429. The Labute approximate surface area is 183 Å². The van der Waals surface area contributed by atoms with Crippen molar-refractivity contribution in [3.63, 3.8) is 0 Å². The average Bonchev–Trinajstić information content (AvgIpc) is 2.70. The van der Waals surface area contributed by atoms with E-state index in [4.69, 9.17) is 21.1 Å². The number of methoxy groups -OCH3 is 1. The van der Waals surface area contributed by atoms with Gasteiger partial charge in [-0.25, -0.2) is 19.2 Å². The number of fused-ring (bicyclic) bond motifs is 2. The molecule has 2 bridgehead atoms. The Bertz CT molecular complexity index is 974. The number of benzene rings is 1. The molecule has 1 aromatic heterocycles. The lowest BCUT2D eigenvalue weighted by molar-refractivity contribution is -0.140. The summed E-state index contributed by atoms with van der Waals surface area (Å²) in [6, 6.07) is 1.85. The zero-order valence-electron chi connectivity index (χ0n) is 17.0. The van der Waals surface area contributed by atoms with Gasteiger partial charge in [0.1, 0.15) is 0 Å². The normalized spacial score (nSPS) is 24.1. The maximum Gasteiger partial charge on any atom is 0.325 e.